The van der Waals surface area contributed by atoms with Crippen LogP contribution >= 0.6 is 23.2 Å². The molecule has 0 aliphatic rings. The third-order valence-electron chi connectivity index (χ3n) is 2.85. The Morgan fingerprint density at radius 1 is 1.30 bits per heavy atom. The van der Waals surface area contributed by atoms with Crippen LogP contribution in [0.25, 0.3) is 0 Å². The quantitative estimate of drug-likeness (QED) is 0.870. The second kappa shape index (κ2) is 6.29. The molecule has 0 bridgehead atoms. The summed E-state index contributed by atoms with van der Waals surface area (Å²) in [5.41, 5.74) is 1.75. The SMILES string of the molecule is Cc1ccc(C)c(OCCn2ncc(Cl)c(Cl)c2=O)c1. The Morgan fingerprint density at radius 2 is 2.05 bits per heavy atom. The van der Waals surface area contributed by atoms with Gasteiger partial charge in [0.25, 0.3) is 5.56 Å². The number of hydrogen-bond acceptors (Lipinski definition) is 3. The minimum Gasteiger partial charge on any atom is -0.491 e. The zero-order valence-electron chi connectivity index (χ0n) is 11.2. The predicted molar refractivity (Wildman–Crippen MR) is 79.9 cm³/mol. The summed E-state index contributed by atoms with van der Waals surface area (Å²) >= 11 is 11.5. The van der Waals surface area contributed by atoms with Crippen LogP contribution in [-0.4, -0.2) is 16.4 Å². The number of aromatic nitrogens is 2. The molecule has 4 nitrogen and oxygen atoms in total. The molecule has 0 radical (unpaired) electrons. The van der Waals surface area contributed by atoms with Gasteiger partial charge in [-0.05, 0) is 31.0 Å². The average molecular weight is 313 g/mol. The van der Waals surface area contributed by atoms with Gasteiger partial charge < -0.3 is 4.74 Å². The highest BCUT2D eigenvalue weighted by molar-refractivity contribution is 6.41. The van der Waals surface area contributed by atoms with Crippen molar-refractivity contribution in [2.75, 3.05) is 6.61 Å². The van der Waals surface area contributed by atoms with E-state index in [0.29, 0.717) is 13.2 Å². The van der Waals surface area contributed by atoms with E-state index in [1.54, 1.807) is 0 Å². The molecule has 0 unspecified atom stereocenters. The van der Waals surface area contributed by atoms with E-state index in [9.17, 15) is 4.79 Å². The van der Waals surface area contributed by atoms with Gasteiger partial charge in [-0.15, -0.1) is 0 Å². The zero-order chi connectivity index (χ0) is 14.7. The Hall–Kier alpha value is -1.52. The number of nitrogens with zero attached hydrogens (tertiary/aromatic N) is 2. The van der Waals surface area contributed by atoms with Crippen LogP contribution in [0.2, 0.25) is 10.0 Å². The molecule has 0 spiro atoms. The van der Waals surface area contributed by atoms with Gasteiger partial charge in [0.1, 0.15) is 17.4 Å². The van der Waals surface area contributed by atoms with Gasteiger partial charge in [-0.3, -0.25) is 4.79 Å². The number of ether oxygens (including phenoxy) is 1. The summed E-state index contributed by atoms with van der Waals surface area (Å²) in [6.45, 7) is 4.61. The van der Waals surface area contributed by atoms with Crippen LogP contribution in [0.3, 0.4) is 0 Å². The maximum Gasteiger partial charge on any atom is 0.287 e. The lowest BCUT2D eigenvalue weighted by Gasteiger charge is -2.10. The van der Waals surface area contributed by atoms with Crippen molar-refractivity contribution < 1.29 is 4.74 Å². The molecule has 0 amide bonds. The molecule has 6 heteroatoms. The van der Waals surface area contributed by atoms with Gasteiger partial charge >= 0.3 is 0 Å². The second-order valence-corrected chi connectivity index (χ2v) is 5.24. The number of aryl methyl sites for hydroxylation is 2. The number of hydrogen-bond donors (Lipinski definition) is 0. The molecule has 2 rings (SSSR count). The summed E-state index contributed by atoms with van der Waals surface area (Å²) in [7, 11) is 0. The van der Waals surface area contributed by atoms with Crippen molar-refractivity contribution in [3.05, 3.63) is 55.9 Å². The van der Waals surface area contributed by atoms with E-state index in [2.05, 4.69) is 5.10 Å². The highest BCUT2D eigenvalue weighted by Crippen LogP contribution is 2.19. The average Bonchev–Trinajstić information content (AvgIpc) is 2.42. The minimum atomic E-state index is -0.413. The third-order valence-corrected chi connectivity index (χ3v) is 3.60. The topological polar surface area (TPSA) is 44.1 Å². The monoisotopic (exact) mass is 312 g/mol. The van der Waals surface area contributed by atoms with E-state index in [-0.39, 0.29) is 10.0 Å². The van der Waals surface area contributed by atoms with E-state index in [4.69, 9.17) is 27.9 Å². The molecular weight excluding hydrogens is 299 g/mol. The Morgan fingerprint density at radius 3 is 2.80 bits per heavy atom. The van der Waals surface area contributed by atoms with E-state index < -0.39 is 5.56 Å². The van der Waals surface area contributed by atoms with Crippen LogP contribution in [-0.2, 0) is 6.54 Å². The largest absolute Gasteiger partial charge is 0.491 e. The molecule has 1 aromatic carbocycles. The number of rotatable bonds is 4. The number of halogens is 2. The van der Waals surface area contributed by atoms with Crippen molar-refractivity contribution >= 4 is 23.2 Å². The fourth-order valence-electron chi connectivity index (χ4n) is 1.71. The van der Waals surface area contributed by atoms with Gasteiger partial charge in [0, 0.05) is 0 Å². The minimum absolute atomic E-state index is 0.0200. The lowest BCUT2D eigenvalue weighted by atomic mass is 10.1. The van der Waals surface area contributed by atoms with Crippen LogP contribution in [0.15, 0.2) is 29.2 Å². The lowest BCUT2D eigenvalue weighted by Crippen LogP contribution is -2.26. The Balaban J connectivity index is 2.05. The molecule has 2 aromatic rings. The highest BCUT2D eigenvalue weighted by Gasteiger charge is 2.07. The molecule has 0 atom stereocenters. The van der Waals surface area contributed by atoms with Crippen molar-refractivity contribution in [2.24, 2.45) is 0 Å². The van der Waals surface area contributed by atoms with E-state index in [1.165, 1.54) is 10.9 Å². The van der Waals surface area contributed by atoms with Gasteiger partial charge in [-0.25, -0.2) is 4.68 Å². The number of benzene rings is 1. The second-order valence-electron chi connectivity index (χ2n) is 4.45. The first-order valence-electron chi connectivity index (χ1n) is 6.10. The normalized spacial score (nSPS) is 10.6. The van der Waals surface area contributed by atoms with Crippen molar-refractivity contribution in [3.8, 4) is 5.75 Å². The molecule has 0 saturated heterocycles. The molecule has 0 saturated carbocycles. The molecule has 0 N–H and O–H groups in total. The fourth-order valence-corrected chi connectivity index (χ4v) is 1.98. The van der Waals surface area contributed by atoms with E-state index >= 15 is 0 Å². The zero-order valence-corrected chi connectivity index (χ0v) is 12.7. The molecule has 0 aliphatic heterocycles. The summed E-state index contributed by atoms with van der Waals surface area (Å²) in [5.74, 6) is 0.804. The Kier molecular flexibility index (Phi) is 4.68. The predicted octanol–water partition coefficient (Wildman–Crippen LogP) is 3.25. The van der Waals surface area contributed by atoms with Gasteiger partial charge in [0.2, 0.25) is 0 Å². The third kappa shape index (κ3) is 3.32. The Bertz CT molecular complexity index is 683. The van der Waals surface area contributed by atoms with Crippen LogP contribution in [0.4, 0.5) is 0 Å². The van der Waals surface area contributed by atoms with Crippen LogP contribution in [0.5, 0.6) is 5.75 Å². The highest BCUT2D eigenvalue weighted by atomic mass is 35.5. The van der Waals surface area contributed by atoms with E-state index in [1.807, 2.05) is 32.0 Å². The van der Waals surface area contributed by atoms with Crippen molar-refractivity contribution in [3.63, 3.8) is 0 Å². The first-order valence-corrected chi connectivity index (χ1v) is 6.86. The molecule has 0 fully saturated rings. The van der Waals surface area contributed by atoms with Gasteiger partial charge in [-0.1, -0.05) is 35.3 Å². The molecule has 1 aromatic heterocycles. The standard InChI is InChI=1S/C14H14Cl2N2O2/c1-9-3-4-10(2)12(7-9)20-6-5-18-14(19)13(16)11(15)8-17-18/h3-4,7-8H,5-6H2,1-2H3. The molecule has 0 aliphatic carbocycles. The smallest absolute Gasteiger partial charge is 0.287 e. The van der Waals surface area contributed by atoms with Crippen LogP contribution in [0.1, 0.15) is 11.1 Å². The molecule has 20 heavy (non-hydrogen) atoms. The summed E-state index contributed by atoms with van der Waals surface area (Å²) in [4.78, 5) is 11.8. The van der Waals surface area contributed by atoms with Crippen molar-refractivity contribution in [2.45, 2.75) is 20.4 Å². The maximum atomic E-state index is 11.8. The van der Waals surface area contributed by atoms with Crippen LogP contribution in [0, 0.1) is 13.8 Å². The summed E-state index contributed by atoms with van der Waals surface area (Å²) in [5, 5.41) is 4.05. The first kappa shape index (κ1) is 14.9. The molecular formula is C14H14Cl2N2O2. The Labute approximate surface area is 126 Å². The first-order chi connectivity index (χ1) is 9.49. The van der Waals surface area contributed by atoms with Gasteiger partial charge in [0.05, 0.1) is 17.8 Å². The molecule has 106 valence electrons. The van der Waals surface area contributed by atoms with Crippen LogP contribution < -0.4 is 10.3 Å². The maximum absolute atomic E-state index is 11.8. The van der Waals surface area contributed by atoms with Gasteiger partial charge in [0.15, 0.2) is 0 Å². The van der Waals surface area contributed by atoms with E-state index in [0.717, 1.165) is 16.9 Å². The van der Waals surface area contributed by atoms with Gasteiger partial charge in [-0.2, -0.15) is 5.10 Å². The fraction of sp³-hybridized carbons (Fsp3) is 0.286. The van der Waals surface area contributed by atoms with Crippen molar-refractivity contribution in [1.29, 1.82) is 0 Å². The van der Waals surface area contributed by atoms with Crippen molar-refractivity contribution in [1.82, 2.24) is 9.78 Å². The summed E-state index contributed by atoms with van der Waals surface area (Å²) in [6.07, 6.45) is 1.35. The summed E-state index contributed by atoms with van der Waals surface area (Å²) < 4.78 is 6.91. The molecule has 1 heterocycles. The lowest BCUT2D eigenvalue weighted by molar-refractivity contribution is 0.286. The summed E-state index contributed by atoms with van der Waals surface area (Å²) in [6, 6.07) is 5.97.